The molecule has 1 heterocycles. The molecule has 102 valence electrons. The summed E-state index contributed by atoms with van der Waals surface area (Å²) in [7, 11) is 1.60. The molecule has 2 aromatic rings. The van der Waals surface area contributed by atoms with Gasteiger partial charge in [-0.15, -0.1) is 0 Å². The van der Waals surface area contributed by atoms with Gasteiger partial charge in [0.2, 0.25) is 0 Å². The van der Waals surface area contributed by atoms with E-state index in [4.69, 9.17) is 4.74 Å². The fourth-order valence-corrected chi connectivity index (χ4v) is 2.62. The SMILES string of the molecule is CCn1ncc(Br)c1C(O)c1cc(C)ccc1OC. The van der Waals surface area contributed by atoms with Gasteiger partial charge in [-0.05, 0) is 41.9 Å². The minimum absolute atomic E-state index is 0.675. The second-order valence-electron chi connectivity index (χ2n) is 4.34. The molecule has 0 saturated heterocycles. The van der Waals surface area contributed by atoms with Crippen LogP contribution < -0.4 is 4.74 Å². The monoisotopic (exact) mass is 324 g/mol. The smallest absolute Gasteiger partial charge is 0.125 e. The second-order valence-corrected chi connectivity index (χ2v) is 5.20. The predicted molar refractivity (Wildman–Crippen MR) is 77.4 cm³/mol. The topological polar surface area (TPSA) is 47.3 Å². The Balaban J connectivity index is 2.51. The molecule has 0 aliphatic heterocycles. The molecule has 19 heavy (non-hydrogen) atoms. The van der Waals surface area contributed by atoms with Crippen molar-refractivity contribution in [2.24, 2.45) is 0 Å². The summed E-state index contributed by atoms with van der Waals surface area (Å²) in [6.07, 6.45) is 0.927. The standard InChI is InChI=1S/C14H17BrN2O2/c1-4-17-13(11(15)8-16-17)14(18)10-7-9(2)5-6-12(10)19-3/h5-8,14,18H,4H2,1-3H3. The number of aromatic nitrogens is 2. The van der Waals surface area contributed by atoms with Gasteiger partial charge < -0.3 is 9.84 Å². The van der Waals surface area contributed by atoms with Crippen LogP contribution in [-0.2, 0) is 6.54 Å². The molecule has 0 saturated carbocycles. The Bertz CT molecular complexity index is 581. The number of benzene rings is 1. The number of halogens is 1. The molecule has 1 N–H and O–H groups in total. The van der Waals surface area contributed by atoms with Crippen LogP contribution in [0.5, 0.6) is 5.75 Å². The summed E-state index contributed by atoms with van der Waals surface area (Å²) in [4.78, 5) is 0. The van der Waals surface area contributed by atoms with Crippen molar-refractivity contribution in [3.05, 3.63) is 45.7 Å². The number of nitrogens with zero attached hydrogens (tertiary/aromatic N) is 2. The maximum atomic E-state index is 10.6. The molecule has 0 spiro atoms. The van der Waals surface area contributed by atoms with Gasteiger partial charge >= 0.3 is 0 Å². The normalized spacial score (nSPS) is 12.5. The van der Waals surface area contributed by atoms with Crippen molar-refractivity contribution in [3.63, 3.8) is 0 Å². The Labute approximate surface area is 121 Å². The predicted octanol–water partition coefficient (Wildman–Crippen LogP) is 3.06. The van der Waals surface area contributed by atoms with Gasteiger partial charge in [-0.2, -0.15) is 5.10 Å². The van der Waals surface area contributed by atoms with Gasteiger partial charge in [-0.1, -0.05) is 11.6 Å². The first-order chi connectivity index (χ1) is 9.08. The van der Waals surface area contributed by atoms with Crippen LogP contribution in [0.3, 0.4) is 0 Å². The molecule has 1 unspecified atom stereocenters. The molecule has 0 aliphatic carbocycles. The highest BCUT2D eigenvalue weighted by Crippen LogP contribution is 2.34. The Morgan fingerprint density at radius 1 is 1.47 bits per heavy atom. The van der Waals surface area contributed by atoms with Crippen LogP contribution in [0.25, 0.3) is 0 Å². The molecule has 1 aromatic carbocycles. The molecule has 0 radical (unpaired) electrons. The van der Waals surface area contributed by atoms with E-state index in [0.717, 1.165) is 21.3 Å². The third-order valence-corrected chi connectivity index (χ3v) is 3.68. The number of methoxy groups -OCH3 is 1. The summed E-state index contributed by atoms with van der Waals surface area (Å²) in [5.74, 6) is 0.675. The molecule has 2 rings (SSSR count). The molecular formula is C14H17BrN2O2. The maximum Gasteiger partial charge on any atom is 0.125 e. The molecule has 0 amide bonds. The molecule has 0 aliphatic rings. The van der Waals surface area contributed by atoms with Crippen LogP contribution in [0.2, 0.25) is 0 Å². The Hall–Kier alpha value is -1.33. The maximum absolute atomic E-state index is 10.6. The van der Waals surface area contributed by atoms with E-state index in [9.17, 15) is 5.11 Å². The summed E-state index contributed by atoms with van der Waals surface area (Å²) in [5.41, 5.74) is 2.57. The second kappa shape index (κ2) is 5.75. The van der Waals surface area contributed by atoms with E-state index in [0.29, 0.717) is 12.3 Å². The number of aryl methyl sites for hydroxylation is 2. The quantitative estimate of drug-likeness (QED) is 0.940. The van der Waals surface area contributed by atoms with Crippen LogP contribution in [0.15, 0.2) is 28.9 Å². The van der Waals surface area contributed by atoms with Crippen molar-refractivity contribution < 1.29 is 9.84 Å². The van der Waals surface area contributed by atoms with E-state index in [1.165, 1.54) is 0 Å². The summed E-state index contributed by atoms with van der Waals surface area (Å²) >= 11 is 3.44. The third-order valence-electron chi connectivity index (χ3n) is 3.07. The van der Waals surface area contributed by atoms with Crippen LogP contribution >= 0.6 is 15.9 Å². The number of hydrogen-bond acceptors (Lipinski definition) is 3. The van der Waals surface area contributed by atoms with Gasteiger partial charge in [0.25, 0.3) is 0 Å². The van der Waals surface area contributed by atoms with Crippen LogP contribution in [-0.4, -0.2) is 22.0 Å². The van der Waals surface area contributed by atoms with Crippen LogP contribution in [0.1, 0.15) is 29.8 Å². The van der Waals surface area contributed by atoms with Gasteiger partial charge in [0.15, 0.2) is 0 Å². The fraction of sp³-hybridized carbons (Fsp3) is 0.357. The summed E-state index contributed by atoms with van der Waals surface area (Å²) in [6.45, 7) is 4.68. The molecule has 0 fully saturated rings. The van der Waals surface area contributed by atoms with Crippen LogP contribution in [0, 0.1) is 6.92 Å². The number of hydrogen-bond donors (Lipinski definition) is 1. The zero-order chi connectivity index (χ0) is 14.0. The largest absolute Gasteiger partial charge is 0.496 e. The van der Waals surface area contributed by atoms with E-state index in [1.54, 1.807) is 18.0 Å². The van der Waals surface area contributed by atoms with Crippen LogP contribution in [0.4, 0.5) is 0 Å². The Morgan fingerprint density at radius 3 is 2.84 bits per heavy atom. The van der Waals surface area contributed by atoms with E-state index >= 15 is 0 Å². The Morgan fingerprint density at radius 2 is 2.21 bits per heavy atom. The Kier molecular flexibility index (Phi) is 4.27. The van der Waals surface area contributed by atoms with Gasteiger partial charge in [-0.25, -0.2) is 0 Å². The fourth-order valence-electron chi connectivity index (χ4n) is 2.11. The van der Waals surface area contributed by atoms with E-state index in [1.807, 2.05) is 32.0 Å². The van der Waals surface area contributed by atoms with E-state index < -0.39 is 6.10 Å². The minimum Gasteiger partial charge on any atom is -0.496 e. The molecular weight excluding hydrogens is 308 g/mol. The number of aliphatic hydroxyl groups is 1. The highest BCUT2D eigenvalue weighted by atomic mass is 79.9. The summed E-state index contributed by atoms with van der Waals surface area (Å²) in [5, 5.41) is 14.9. The lowest BCUT2D eigenvalue weighted by Crippen LogP contribution is -2.11. The molecule has 1 aromatic heterocycles. The lowest BCUT2D eigenvalue weighted by atomic mass is 10.0. The molecule has 1 atom stereocenters. The number of aliphatic hydroxyl groups excluding tert-OH is 1. The van der Waals surface area contributed by atoms with Gasteiger partial charge in [0, 0.05) is 12.1 Å². The van der Waals surface area contributed by atoms with Crippen molar-refractivity contribution in [2.45, 2.75) is 26.5 Å². The lowest BCUT2D eigenvalue weighted by molar-refractivity contribution is 0.202. The zero-order valence-corrected chi connectivity index (χ0v) is 12.8. The van der Waals surface area contributed by atoms with E-state index in [-0.39, 0.29) is 0 Å². The molecule has 5 heteroatoms. The molecule has 4 nitrogen and oxygen atoms in total. The lowest BCUT2D eigenvalue weighted by Gasteiger charge is -2.17. The first kappa shape index (κ1) is 14.1. The third kappa shape index (κ3) is 2.67. The summed E-state index contributed by atoms with van der Waals surface area (Å²) in [6, 6.07) is 5.76. The number of rotatable bonds is 4. The van der Waals surface area contributed by atoms with Crippen molar-refractivity contribution in [2.75, 3.05) is 7.11 Å². The average molecular weight is 325 g/mol. The zero-order valence-electron chi connectivity index (χ0n) is 11.2. The molecule has 0 bridgehead atoms. The highest BCUT2D eigenvalue weighted by molar-refractivity contribution is 9.10. The van der Waals surface area contributed by atoms with Gasteiger partial charge in [0.1, 0.15) is 11.9 Å². The van der Waals surface area contributed by atoms with Gasteiger partial charge in [-0.3, -0.25) is 4.68 Å². The highest BCUT2D eigenvalue weighted by Gasteiger charge is 2.22. The van der Waals surface area contributed by atoms with Crippen molar-refractivity contribution in [3.8, 4) is 5.75 Å². The van der Waals surface area contributed by atoms with Gasteiger partial charge in [0.05, 0.1) is 23.5 Å². The first-order valence-electron chi connectivity index (χ1n) is 6.12. The minimum atomic E-state index is -0.772. The van der Waals surface area contributed by atoms with E-state index in [2.05, 4.69) is 21.0 Å². The number of ether oxygens (including phenoxy) is 1. The van der Waals surface area contributed by atoms with Crippen molar-refractivity contribution in [1.82, 2.24) is 9.78 Å². The van der Waals surface area contributed by atoms with Crippen molar-refractivity contribution in [1.29, 1.82) is 0 Å². The first-order valence-corrected chi connectivity index (χ1v) is 6.91. The summed E-state index contributed by atoms with van der Waals surface area (Å²) < 4.78 is 7.90. The van der Waals surface area contributed by atoms with Crippen molar-refractivity contribution >= 4 is 15.9 Å². The average Bonchev–Trinajstić information content (AvgIpc) is 2.79.